The van der Waals surface area contributed by atoms with Crippen molar-refractivity contribution in [2.75, 3.05) is 13.1 Å². The minimum atomic E-state index is -1.18. The molecule has 0 spiro atoms. The van der Waals surface area contributed by atoms with Crippen molar-refractivity contribution in [3.05, 3.63) is 0 Å². The Morgan fingerprint density at radius 1 is 1.41 bits per heavy atom. The normalized spacial score (nSPS) is 25.5. The maximum Gasteiger partial charge on any atom is 0.405 e. The lowest BCUT2D eigenvalue weighted by atomic mass is 10.0. The molecule has 1 aliphatic rings. The molecule has 17 heavy (non-hydrogen) atoms. The fraction of sp³-hybridized carbons (Fsp3) is 0.818. The molecule has 2 atom stereocenters. The third-order valence-corrected chi connectivity index (χ3v) is 2.98. The topological polar surface area (TPSA) is 81.7 Å². The van der Waals surface area contributed by atoms with Crippen LogP contribution in [-0.4, -0.2) is 52.7 Å². The number of carbonyl (C=O) groups excluding carboxylic acids is 1. The molecule has 1 rings (SSSR count). The van der Waals surface area contributed by atoms with Crippen LogP contribution in [0.15, 0.2) is 0 Å². The van der Waals surface area contributed by atoms with Gasteiger partial charge in [0.15, 0.2) is 0 Å². The van der Waals surface area contributed by atoms with Crippen molar-refractivity contribution in [1.82, 2.24) is 15.5 Å². The Labute approximate surface area is 101 Å². The van der Waals surface area contributed by atoms with Gasteiger partial charge in [0.1, 0.15) is 5.54 Å². The van der Waals surface area contributed by atoms with E-state index < -0.39 is 11.6 Å². The Kier molecular flexibility index (Phi) is 3.98. The van der Waals surface area contributed by atoms with E-state index in [1.165, 1.54) is 0 Å². The van der Waals surface area contributed by atoms with Crippen molar-refractivity contribution < 1.29 is 14.7 Å². The van der Waals surface area contributed by atoms with Crippen molar-refractivity contribution in [2.45, 2.75) is 45.3 Å². The molecule has 0 radical (unpaired) electrons. The van der Waals surface area contributed by atoms with Crippen LogP contribution in [-0.2, 0) is 4.79 Å². The first-order chi connectivity index (χ1) is 7.74. The van der Waals surface area contributed by atoms with Gasteiger partial charge in [0.05, 0.1) is 0 Å². The molecule has 0 bridgehead atoms. The summed E-state index contributed by atoms with van der Waals surface area (Å²) in [7, 11) is 0. The largest absolute Gasteiger partial charge is 0.465 e. The second-order valence-corrected chi connectivity index (χ2v) is 5.17. The number of carbonyl (C=O) groups is 2. The first-order valence-electron chi connectivity index (χ1n) is 5.79. The van der Waals surface area contributed by atoms with E-state index in [-0.39, 0.29) is 18.0 Å². The van der Waals surface area contributed by atoms with Gasteiger partial charge < -0.3 is 20.6 Å². The number of amides is 2. The Bertz CT molecular complexity index is 317. The smallest absolute Gasteiger partial charge is 0.405 e. The summed E-state index contributed by atoms with van der Waals surface area (Å²) < 4.78 is 0. The van der Waals surface area contributed by atoms with Crippen molar-refractivity contribution >= 4 is 12.0 Å². The van der Waals surface area contributed by atoms with E-state index in [1.807, 2.05) is 13.8 Å². The van der Waals surface area contributed by atoms with E-state index in [2.05, 4.69) is 10.6 Å². The molecule has 0 aliphatic carbocycles. The van der Waals surface area contributed by atoms with Crippen LogP contribution in [0, 0.1) is 0 Å². The van der Waals surface area contributed by atoms with Crippen LogP contribution in [0.25, 0.3) is 0 Å². The summed E-state index contributed by atoms with van der Waals surface area (Å²) in [5.41, 5.74) is -1.09. The molecule has 6 nitrogen and oxygen atoms in total. The van der Waals surface area contributed by atoms with Crippen molar-refractivity contribution in [3.8, 4) is 0 Å². The van der Waals surface area contributed by atoms with Gasteiger partial charge in [-0.2, -0.15) is 0 Å². The highest BCUT2D eigenvalue weighted by Gasteiger charge is 2.37. The zero-order valence-electron chi connectivity index (χ0n) is 10.8. The van der Waals surface area contributed by atoms with Gasteiger partial charge in [0, 0.05) is 25.2 Å². The maximum absolute atomic E-state index is 12.3. The SMILES string of the molecule is C[C@@H]1CN(C(=O)C(C)(C)NC(=O)O)[C@H](C)CN1. The quantitative estimate of drug-likeness (QED) is 0.649. The summed E-state index contributed by atoms with van der Waals surface area (Å²) in [5.74, 6) is -0.180. The minimum absolute atomic E-state index is 0.0774. The minimum Gasteiger partial charge on any atom is -0.465 e. The summed E-state index contributed by atoms with van der Waals surface area (Å²) in [6.07, 6.45) is -1.18. The van der Waals surface area contributed by atoms with Gasteiger partial charge >= 0.3 is 6.09 Å². The first-order valence-corrected chi connectivity index (χ1v) is 5.79. The second kappa shape index (κ2) is 4.91. The predicted octanol–water partition coefficient (Wildman–Crippen LogP) is 0.241. The van der Waals surface area contributed by atoms with E-state index >= 15 is 0 Å². The molecule has 0 saturated carbocycles. The third kappa shape index (κ3) is 3.33. The van der Waals surface area contributed by atoms with Crippen LogP contribution in [0.3, 0.4) is 0 Å². The Morgan fingerprint density at radius 2 is 2.00 bits per heavy atom. The zero-order valence-corrected chi connectivity index (χ0v) is 10.8. The average Bonchev–Trinajstić information content (AvgIpc) is 2.18. The molecule has 98 valence electrons. The third-order valence-electron chi connectivity index (χ3n) is 2.98. The fourth-order valence-corrected chi connectivity index (χ4v) is 1.98. The molecule has 1 heterocycles. The zero-order chi connectivity index (χ0) is 13.2. The van der Waals surface area contributed by atoms with E-state index in [0.29, 0.717) is 6.54 Å². The van der Waals surface area contributed by atoms with Crippen LogP contribution in [0.4, 0.5) is 4.79 Å². The van der Waals surface area contributed by atoms with Crippen LogP contribution in [0.5, 0.6) is 0 Å². The number of piperazine rings is 1. The maximum atomic E-state index is 12.3. The molecule has 0 aromatic rings. The summed E-state index contributed by atoms with van der Waals surface area (Å²) in [6, 6.07) is 0.310. The van der Waals surface area contributed by atoms with Crippen molar-refractivity contribution in [1.29, 1.82) is 0 Å². The van der Waals surface area contributed by atoms with E-state index in [1.54, 1.807) is 18.7 Å². The number of hydrogen-bond donors (Lipinski definition) is 3. The molecule has 0 aromatic carbocycles. The van der Waals surface area contributed by atoms with Gasteiger partial charge in [-0.05, 0) is 27.7 Å². The highest BCUT2D eigenvalue weighted by Crippen LogP contribution is 2.14. The fourth-order valence-electron chi connectivity index (χ4n) is 1.98. The van der Waals surface area contributed by atoms with Crippen molar-refractivity contribution in [2.24, 2.45) is 0 Å². The molecule has 3 N–H and O–H groups in total. The number of rotatable bonds is 2. The molecular weight excluding hydrogens is 222 g/mol. The number of carboxylic acid groups (broad SMARTS) is 1. The highest BCUT2D eigenvalue weighted by atomic mass is 16.4. The lowest BCUT2D eigenvalue weighted by Gasteiger charge is -2.41. The van der Waals surface area contributed by atoms with Gasteiger partial charge in [0.2, 0.25) is 5.91 Å². The first kappa shape index (κ1) is 13.8. The van der Waals surface area contributed by atoms with Crippen LogP contribution in [0.2, 0.25) is 0 Å². The lowest BCUT2D eigenvalue weighted by molar-refractivity contribution is -0.140. The van der Waals surface area contributed by atoms with Crippen LogP contribution < -0.4 is 10.6 Å². The van der Waals surface area contributed by atoms with E-state index in [4.69, 9.17) is 5.11 Å². The number of nitrogens with one attached hydrogen (secondary N) is 2. The number of hydrogen-bond acceptors (Lipinski definition) is 3. The number of nitrogens with zero attached hydrogens (tertiary/aromatic N) is 1. The van der Waals surface area contributed by atoms with Gasteiger partial charge in [-0.15, -0.1) is 0 Å². The van der Waals surface area contributed by atoms with E-state index in [0.717, 1.165) is 6.54 Å². The molecule has 0 aromatic heterocycles. The molecule has 1 saturated heterocycles. The van der Waals surface area contributed by atoms with Crippen LogP contribution >= 0.6 is 0 Å². The Hall–Kier alpha value is -1.30. The summed E-state index contributed by atoms with van der Waals surface area (Å²) in [5, 5.41) is 14.3. The summed E-state index contributed by atoms with van der Waals surface area (Å²) in [6.45, 7) is 8.46. The molecular formula is C11H21N3O3. The average molecular weight is 243 g/mol. The molecule has 0 unspecified atom stereocenters. The Morgan fingerprint density at radius 3 is 2.53 bits per heavy atom. The molecule has 1 aliphatic heterocycles. The summed E-state index contributed by atoms with van der Waals surface area (Å²) >= 11 is 0. The Balaban J connectivity index is 2.76. The van der Waals surface area contributed by atoms with Gasteiger partial charge in [-0.3, -0.25) is 4.79 Å². The lowest BCUT2D eigenvalue weighted by Crippen LogP contribution is -2.63. The van der Waals surface area contributed by atoms with Gasteiger partial charge in [0.25, 0.3) is 0 Å². The predicted molar refractivity (Wildman–Crippen MR) is 63.9 cm³/mol. The van der Waals surface area contributed by atoms with Crippen molar-refractivity contribution in [3.63, 3.8) is 0 Å². The monoisotopic (exact) mass is 243 g/mol. The van der Waals surface area contributed by atoms with E-state index in [9.17, 15) is 9.59 Å². The standard InChI is InChI=1S/C11H21N3O3/c1-7-6-14(8(2)5-12-7)9(15)11(3,4)13-10(16)17/h7-8,12-13H,5-6H2,1-4H3,(H,16,17)/t7-,8-/m1/s1. The molecule has 1 fully saturated rings. The highest BCUT2D eigenvalue weighted by molar-refractivity contribution is 5.89. The van der Waals surface area contributed by atoms with Crippen LogP contribution in [0.1, 0.15) is 27.7 Å². The van der Waals surface area contributed by atoms with Gasteiger partial charge in [-0.25, -0.2) is 4.79 Å². The second-order valence-electron chi connectivity index (χ2n) is 5.17. The van der Waals surface area contributed by atoms with Gasteiger partial charge in [-0.1, -0.05) is 0 Å². The summed E-state index contributed by atoms with van der Waals surface area (Å²) in [4.78, 5) is 24.7. The molecule has 2 amide bonds. The molecule has 6 heteroatoms.